The predicted molar refractivity (Wildman–Crippen MR) is 137 cm³/mol. The second-order valence-corrected chi connectivity index (χ2v) is 10.8. The summed E-state index contributed by atoms with van der Waals surface area (Å²) in [5.41, 5.74) is 0.742. The molecular weight excluding hydrogens is 512 g/mol. The van der Waals surface area contributed by atoms with E-state index in [9.17, 15) is 26.8 Å². The maximum Gasteiger partial charge on any atom is 0.242 e. The highest BCUT2D eigenvalue weighted by molar-refractivity contribution is 7.92. The number of carbonyl (C=O) groups is 2. The quantitative estimate of drug-likeness (QED) is 0.377. The number of benzene rings is 2. The van der Waals surface area contributed by atoms with Crippen LogP contribution in [0.15, 0.2) is 42.5 Å². The highest BCUT2D eigenvalue weighted by Crippen LogP contribution is 2.22. The van der Waals surface area contributed by atoms with Crippen LogP contribution in [0.25, 0.3) is 0 Å². The standard InChI is InChI=1S/C25H32ClF2N3O4S/c1-4-5-14-29-25(33)18(2)30(17-19-8-10-20(26)11-9-19)24(32)7-6-15-31(36(3,34)35)21-12-13-22(27)23(28)16-21/h8-13,16,18H,4-7,14-15,17H2,1-3H3,(H,29,33)/t18-/m0/s1. The van der Waals surface area contributed by atoms with Crippen LogP contribution in [-0.4, -0.2) is 50.5 Å². The molecule has 7 nitrogen and oxygen atoms in total. The number of nitrogens with zero attached hydrogens (tertiary/aromatic N) is 2. The van der Waals surface area contributed by atoms with Gasteiger partial charge >= 0.3 is 0 Å². The van der Waals surface area contributed by atoms with E-state index in [0.717, 1.165) is 47.2 Å². The summed E-state index contributed by atoms with van der Waals surface area (Å²) in [5.74, 6) is -2.90. The Morgan fingerprint density at radius 2 is 1.72 bits per heavy atom. The third-order valence-electron chi connectivity index (χ3n) is 5.61. The van der Waals surface area contributed by atoms with Crippen LogP contribution in [0, 0.1) is 11.6 Å². The van der Waals surface area contributed by atoms with Gasteiger partial charge in [0.2, 0.25) is 21.8 Å². The van der Waals surface area contributed by atoms with E-state index in [1.165, 1.54) is 4.90 Å². The van der Waals surface area contributed by atoms with Gasteiger partial charge in [0.15, 0.2) is 11.6 Å². The molecule has 2 aromatic rings. The van der Waals surface area contributed by atoms with Crippen molar-refractivity contribution in [1.82, 2.24) is 10.2 Å². The molecule has 11 heteroatoms. The van der Waals surface area contributed by atoms with E-state index in [4.69, 9.17) is 11.6 Å². The van der Waals surface area contributed by atoms with Crippen LogP contribution in [0.2, 0.25) is 5.02 Å². The van der Waals surface area contributed by atoms with E-state index in [-0.39, 0.29) is 43.4 Å². The maximum absolute atomic E-state index is 13.7. The molecule has 0 unspecified atom stereocenters. The van der Waals surface area contributed by atoms with Crippen LogP contribution in [-0.2, 0) is 26.2 Å². The number of amides is 2. The lowest BCUT2D eigenvalue weighted by Crippen LogP contribution is -2.47. The molecule has 0 fully saturated rings. The molecule has 0 aliphatic rings. The normalized spacial score (nSPS) is 12.2. The molecule has 0 bridgehead atoms. The van der Waals surface area contributed by atoms with Crippen LogP contribution in [0.5, 0.6) is 0 Å². The Labute approximate surface area is 216 Å². The van der Waals surface area contributed by atoms with E-state index in [1.54, 1.807) is 31.2 Å². The van der Waals surface area contributed by atoms with Crippen molar-refractivity contribution < 1.29 is 26.8 Å². The van der Waals surface area contributed by atoms with Gasteiger partial charge in [0.25, 0.3) is 0 Å². The Bertz CT molecular complexity index is 1150. The van der Waals surface area contributed by atoms with Crippen molar-refractivity contribution in [2.75, 3.05) is 23.7 Å². The van der Waals surface area contributed by atoms with Crippen molar-refractivity contribution in [3.63, 3.8) is 0 Å². The first kappa shape index (κ1) is 29.5. The first-order valence-electron chi connectivity index (χ1n) is 11.7. The zero-order valence-corrected chi connectivity index (χ0v) is 22.2. The van der Waals surface area contributed by atoms with E-state index in [0.29, 0.717) is 11.6 Å². The van der Waals surface area contributed by atoms with E-state index in [1.807, 2.05) is 6.92 Å². The van der Waals surface area contributed by atoms with Gasteiger partial charge in [-0.05, 0) is 49.6 Å². The third-order valence-corrected chi connectivity index (χ3v) is 7.05. The van der Waals surface area contributed by atoms with Crippen LogP contribution in [0.1, 0.15) is 45.1 Å². The van der Waals surface area contributed by atoms with Gasteiger partial charge in [-0.1, -0.05) is 37.1 Å². The topological polar surface area (TPSA) is 86.8 Å². The molecule has 0 radical (unpaired) electrons. The lowest BCUT2D eigenvalue weighted by Gasteiger charge is -2.29. The number of unbranched alkanes of at least 4 members (excludes halogenated alkanes) is 1. The molecule has 0 aliphatic heterocycles. The molecule has 2 amide bonds. The maximum atomic E-state index is 13.7. The molecule has 198 valence electrons. The summed E-state index contributed by atoms with van der Waals surface area (Å²) in [6.45, 7) is 4.18. The third kappa shape index (κ3) is 8.74. The summed E-state index contributed by atoms with van der Waals surface area (Å²) in [6.07, 6.45) is 2.72. The zero-order valence-electron chi connectivity index (χ0n) is 20.6. The van der Waals surface area contributed by atoms with Gasteiger partial charge in [0, 0.05) is 37.1 Å². The van der Waals surface area contributed by atoms with E-state index in [2.05, 4.69) is 5.32 Å². The predicted octanol–water partition coefficient (Wildman–Crippen LogP) is 4.50. The summed E-state index contributed by atoms with van der Waals surface area (Å²) >= 11 is 5.96. The van der Waals surface area contributed by atoms with Crippen molar-refractivity contribution in [1.29, 1.82) is 0 Å². The first-order valence-corrected chi connectivity index (χ1v) is 13.9. The van der Waals surface area contributed by atoms with Crippen molar-refractivity contribution in [3.8, 4) is 0 Å². The molecule has 0 heterocycles. The minimum Gasteiger partial charge on any atom is -0.354 e. The number of carbonyl (C=O) groups excluding carboxylic acids is 2. The second-order valence-electron chi connectivity index (χ2n) is 8.51. The SMILES string of the molecule is CCCCNC(=O)[C@H](C)N(Cc1ccc(Cl)cc1)C(=O)CCCN(c1ccc(F)c(F)c1)S(C)(=O)=O. The molecule has 1 N–H and O–H groups in total. The average molecular weight is 544 g/mol. The van der Waals surface area contributed by atoms with Crippen molar-refractivity contribution in [2.24, 2.45) is 0 Å². The number of hydrogen-bond acceptors (Lipinski definition) is 4. The van der Waals surface area contributed by atoms with Gasteiger partial charge in [-0.3, -0.25) is 13.9 Å². The molecule has 0 spiro atoms. The smallest absolute Gasteiger partial charge is 0.242 e. The van der Waals surface area contributed by atoms with E-state index < -0.39 is 27.7 Å². The molecule has 0 saturated carbocycles. The van der Waals surface area contributed by atoms with Gasteiger partial charge in [-0.15, -0.1) is 0 Å². The number of anilines is 1. The largest absolute Gasteiger partial charge is 0.354 e. The van der Waals surface area contributed by atoms with Crippen LogP contribution in [0.4, 0.5) is 14.5 Å². The van der Waals surface area contributed by atoms with Crippen molar-refractivity contribution in [3.05, 3.63) is 64.7 Å². The molecular formula is C25H32ClF2N3O4S. The van der Waals surface area contributed by atoms with Crippen molar-refractivity contribution >= 4 is 39.1 Å². The Morgan fingerprint density at radius 1 is 1.06 bits per heavy atom. The summed E-state index contributed by atoms with van der Waals surface area (Å²) in [6, 6.07) is 8.96. The number of halogens is 3. The number of rotatable bonds is 13. The summed E-state index contributed by atoms with van der Waals surface area (Å²) in [4.78, 5) is 27.3. The lowest BCUT2D eigenvalue weighted by atomic mass is 10.1. The summed E-state index contributed by atoms with van der Waals surface area (Å²) < 4.78 is 52.5. The van der Waals surface area contributed by atoms with Crippen LogP contribution >= 0.6 is 11.6 Å². The molecule has 0 saturated heterocycles. The summed E-state index contributed by atoms with van der Waals surface area (Å²) in [7, 11) is -3.82. The van der Waals surface area contributed by atoms with Gasteiger partial charge in [0.1, 0.15) is 6.04 Å². The number of sulfonamides is 1. The number of nitrogens with one attached hydrogen (secondary N) is 1. The monoisotopic (exact) mass is 543 g/mol. The molecule has 36 heavy (non-hydrogen) atoms. The molecule has 0 aliphatic carbocycles. The fraction of sp³-hybridized carbons (Fsp3) is 0.440. The highest BCUT2D eigenvalue weighted by Gasteiger charge is 2.26. The molecule has 2 aromatic carbocycles. The van der Waals surface area contributed by atoms with Gasteiger partial charge < -0.3 is 10.2 Å². The van der Waals surface area contributed by atoms with Crippen LogP contribution in [0.3, 0.4) is 0 Å². The Balaban J connectivity index is 2.15. The van der Waals surface area contributed by atoms with Crippen LogP contribution < -0.4 is 9.62 Å². The van der Waals surface area contributed by atoms with E-state index >= 15 is 0 Å². The fourth-order valence-corrected chi connectivity index (χ4v) is 4.63. The second kappa shape index (κ2) is 13.5. The molecule has 0 aromatic heterocycles. The minimum atomic E-state index is -3.82. The van der Waals surface area contributed by atoms with Gasteiger partial charge in [0.05, 0.1) is 11.9 Å². The Morgan fingerprint density at radius 3 is 2.31 bits per heavy atom. The van der Waals surface area contributed by atoms with Gasteiger partial charge in [-0.2, -0.15) is 0 Å². The summed E-state index contributed by atoms with van der Waals surface area (Å²) in [5, 5.41) is 3.37. The molecule has 1 atom stereocenters. The molecule has 2 rings (SSSR count). The zero-order chi connectivity index (χ0) is 26.9. The first-order chi connectivity index (χ1) is 16.9. The Hall–Kier alpha value is -2.72. The fourth-order valence-electron chi connectivity index (χ4n) is 3.55. The minimum absolute atomic E-state index is 0.0365. The van der Waals surface area contributed by atoms with Crippen molar-refractivity contribution in [2.45, 2.75) is 52.1 Å². The lowest BCUT2D eigenvalue weighted by molar-refractivity contribution is -0.140. The average Bonchev–Trinajstić information content (AvgIpc) is 2.82. The number of hydrogen-bond donors (Lipinski definition) is 1. The highest BCUT2D eigenvalue weighted by atomic mass is 35.5. The van der Waals surface area contributed by atoms with Gasteiger partial charge in [-0.25, -0.2) is 17.2 Å². The Kier molecular flexibility index (Phi) is 11.1.